The quantitative estimate of drug-likeness (QED) is 0.0917. The minimum Gasteiger partial charge on any atom is -0.780 e. The average molecular weight is 719 g/mol. The van der Waals surface area contributed by atoms with Crippen molar-refractivity contribution in [2.75, 3.05) is 19.6 Å². The van der Waals surface area contributed by atoms with Gasteiger partial charge in [-0.25, -0.2) is 10.0 Å². The molecule has 0 unspecified atom stereocenters. The van der Waals surface area contributed by atoms with Crippen molar-refractivity contribution in [2.45, 2.75) is 38.0 Å². The van der Waals surface area contributed by atoms with Gasteiger partial charge in [0.15, 0.2) is 0 Å². The molecule has 0 aliphatic carbocycles. The predicted molar refractivity (Wildman–Crippen MR) is 173 cm³/mol. The van der Waals surface area contributed by atoms with Crippen LogP contribution in [0.1, 0.15) is 23.1 Å². The van der Waals surface area contributed by atoms with E-state index >= 15 is 0 Å². The molecule has 4 aromatic rings. The number of phosphoric ester groups is 1. The van der Waals surface area contributed by atoms with E-state index in [-0.39, 0.29) is 115 Å². The molecule has 1 aromatic heterocycles. The van der Waals surface area contributed by atoms with E-state index in [1.807, 2.05) is 60.0 Å². The topological polar surface area (TPSA) is 137 Å². The Morgan fingerprint density at radius 1 is 0.980 bits per heavy atom. The van der Waals surface area contributed by atoms with E-state index in [1.165, 1.54) is 17.0 Å². The second-order valence-electron chi connectivity index (χ2n) is 11.5. The fourth-order valence-corrected chi connectivity index (χ4v) is 7.65. The van der Waals surface area contributed by atoms with Crippen molar-refractivity contribution in [1.29, 1.82) is 0 Å². The maximum atomic E-state index is 14.3. The second-order valence-corrected chi connectivity index (χ2v) is 13.5. The number of piperazine rings is 1. The van der Waals surface area contributed by atoms with E-state index in [9.17, 15) is 28.7 Å². The second kappa shape index (κ2) is 17.3. The Bertz CT molecular complexity index is 1840. The van der Waals surface area contributed by atoms with Gasteiger partial charge in [0.05, 0.1) is 13.1 Å². The molecular formula is C34H33N4Na2O7PS. The van der Waals surface area contributed by atoms with E-state index in [4.69, 9.17) is 0 Å². The summed E-state index contributed by atoms with van der Waals surface area (Å²) in [5.41, 5.74) is 2.60. The molecule has 6 rings (SSSR count). The first-order chi connectivity index (χ1) is 22.6. The number of hydrazine groups is 1. The third kappa shape index (κ3) is 9.32. The van der Waals surface area contributed by atoms with Gasteiger partial charge in [-0.3, -0.25) is 14.4 Å². The maximum Gasteiger partial charge on any atom is 1.00 e. The molecule has 3 aromatic carbocycles. The number of phosphoric acid groups is 1. The normalized spacial score (nSPS) is 18.0. The number of carbonyl (C=O) groups excluding carboxylic acids is 3. The van der Waals surface area contributed by atoms with Crippen LogP contribution in [-0.4, -0.2) is 69.4 Å². The molecule has 15 heteroatoms. The molecule has 2 fully saturated rings. The summed E-state index contributed by atoms with van der Waals surface area (Å²) < 4.78 is 16.6. The Morgan fingerprint density at radius 2 is 1.67 bits per heavy atom. The standard InChI is InChI=1S/C34H35N4O7PS.2Na/c1-2-18-36-22-33(40)37-29(19-25-12-15-27(16-13-25)45-46(42,43)44)34(41)35(20-26-23-47-30-11-7-6-10-28(26)30)21-31(37)38(36)32(39)17-14-24-8-4-3-5-9-24;;/h2-13,15-16,23,29,31H,1,14,17-22H2,(H2,42,43,44);;/q;2*+1/p-2/t29-,31-;;/m0../s1. The number of aryl methyl sites for hydroxylation is 1. The molecule has 3 amide bonds. The summed E-state index contributed by atoms with van der Waals surface area (Å²) >= 11 is 1.59. The molecule has 0 N–H and O–H groups in total. The van der Waals surface area contributed by atoms with Gasteiger partial charge in [0.1, 0.15) is 25.8 Å². The summed E-state index contributed by atoms with van der Waals surface area (Å²) in [4.78, 5) is 67.6. The first-order valence-corrected chi connectivity index (χ1v) is 17.5. The van der Waals surface area contributed by atoms with Crippen LogP contribution in [0.15, 0.2) is 96.9 Å². The number of carbonyl (C=O) groups is 3. The predicted octanol–water partition coefficient (Wildman–Crippen LogP) is -2.90. The summed E-state index contributed by atoms with van der Waals surface area (Å²) in [5.74, 6) is -0.872. The van der Waals surface area contributed by atoms with Crippen LogP contribution in [0, 0.1) is 0 Å². The van der Waals surface area contributed by atoms with Gasteiger partial charge in [0.25, 0.3) is 0 Å². The molecule has 2 atom stereocenters. The Kier molecular flexibility index (Phi) is 13.9. The van der Waals surface area contributed by atoms with Crippen LogP contribution in [0.3, 0.4) is 0 Å². The Labute approximate surface area is 333 Å². The third-order valence-electron chi connectivity index (χ3n) is 8.39. The van der Waals surface area contributed by atoms with Gasteiger partial charge in [-0.2, -0.15) is 0 Å². The number of benzene rings is 3. The average Bonchev–Trinajstić information content (AvgIpc) is 3.45. The van der Waals surface area contributed by atoms with Crippen molar-refractivity contribution < 1.29 is 92.4 Å². The molecule has 11 nitrogen and oxygen atoms in total. The number of hydrogen-bond acceptors (Lipinski definition) is 9. The molecule has 49 heavy (non-hydrogen) atoms. The van der Waals surface area contributed by atoms with Gasteiger partial charge in [0.2, 0.25) is 17.7 Å². The van der Waals surface area contributed by atoms with Gasteiger partial charge in [-0.05, 0) is 52.1 Å². The molecule has 0 spiro atoms. The van der Waals surface area contributed by atoms with Crippen molar-refractivity contribution in [1.82, 2.24) is 19.8 Å². The van der Waals surface area contributed by atoms with Crippen molar-refractivity contribution in [3.8, 4) is 5.75 Å². The van der Waals surface area contributed by atoms with E-state index in [1.54, 1.807) is 44.5 Å². The first kappa shape index (κ1) is 39.5. The molecule has 2 aliphatic rings. The van der Waals surface area contributed by atoms with Crippen LogP contribution in [0.4, 0.5) is 0 Å². The summed E-state index contributed by atoms with van der Waals surface area (Å²) in [6.07, 6.45) is 1.70. The number of thiophene rings is 1. The molecular weight excluding hydrogens is 685 g/mol. The van der Waals surface area contributed by atoms with Crippen LogP contribution >= 0.6 is 19.2 Å². The summed E-state index contributed by atoms with van der Waals surface area (Å²) in [7, 11) is -5.25. The molecule has 0 saturated carbocycles. The summed E-state index contributed by atoms with van der Waals surface area (Å²) in [5, 5.41) is 6.39. The molecule has 2 saturated heterocycles. The van der Waals surface area contributed by atoms with E-state index < -0.39 is 20.0 Å². The monoisotopic (exact) mass is 718 g/mol. The fourth-order valence-electron chi connectivity index (χ4n) is 6.31. The smallest absolute Gasteiger partial charge is 0.780 e. The van der Waals surface area contributed by atoms with Crippen LogP contribution in [0.5, 0.6) is 5.75 Å². The van der Waals surface area contributed by atoms with Crippen molar-refractivity contribution in [3.05, 3.63) is 114 Å². The summed E-state index contributed by atoms with van der Waals surface area (Å²) in [6.45, 7) is 4.42. The molecule has 0 radical (unpaired) electrons. The number of amides is 3. The van der Waals surface area contributed by atoms with E-state index in [0.29, 0.717) is 18.5 Å². The number of nitrogens with zero attached hydrogens (tertiary/aromatic N) is 4. The van der Waals surface area contributed by atoms with Crippen LogP contribution in [-0.2, 0) is 38.3 Å². The molecule has 2 aliphatic heterocycles. The number of rotatable bonds is 11. The number of hydrogen-bond donors (Lipinski definition) is 0. The Hall–Kier alpha value is -2.32. The zero-order valence-corrected chi connectivity index (χ0v) is 33.2. The molecule has 3 heterocycles. The Balaban J connectivity index is 0.00000270. The largest absolute Gasteiger partial charge is 1.00 e. The third-order valence-corrected chi connectivity index (χ3v) is 9.83. The van der Waals surface area contributed by atoms with Crippen LogP contribution in [0.25, 0.3) is 10.1 Å². The van der Waals surface area contributed by atoms with E-state index in [0.717, 1.165) is 21.2 Å². The van der Waals surface area contributed by atoms with Crippen molar-refractivity contribution in [3.63, 3.8) is 0 Å². The van der Waals surface area contributed by atoms with Gasteiger partial charge >= 0.3 is 59.1 Å². The minimum absolute atomic E-state index is 0. The zero-order valence-electron chi connectivity index (χ0n) is 27.5. The van der Waals surface area contributed by atoms with Crippen molar-refractivity contribution in [2.24, 2.45) is 0 Å². The van der Waals surface area contributed by atoms with E-state index in [2.05, 4.69) is 11.1 Å². The molecule has 0 bridgehead atoms. The van der Waals surface area contributed by atoms with Gasteiger partial charge in [0, 0.05) is 30.6 Å². The van der Waals surface area contributed by atoms with Crippen LogP contribution in [0.2, 0.25) is 0 Å². The molecule has 244 valence electrons. The fraction of sp³-hybridized carbons (Fsp3) is 0.265. The Morgan fingerprint density at radius 3 is 2.37 bits per heavy atom. The maximum absolute atomic E-state index is 14.3. The minimum atomic E-state index is -5.25. The van der Waals surface area contributed by atoms with Crippen LogP contribution < -0.4 is 73.4 Å². The van der Waals surface area contributed by atoms with Crippen molar-refractivity contribution >= 4 is 47.0 Å². The zero-order chi connectivity index (χ0) is 33.1. The van der Waals surface area contributed by atoms with Gasteiger partial charge in [-0.15, -0.1) is 17.9 Å². The van der Waals surface area contributed by atoms with Gasteiger partial charge in [-0.1, -0.05) is 66.7 Å². The SMILES string of the molecule is C=CCN1CC(=O)N2[C@@H](Cc3ccc(OP(=O)([O-])[O-])cc3)C(=O)N(Cc3csc4ccccc34)C[C@@H]2N1C(=O)CCc1ccccc1.[Na+].[Na+]. The number of fused-ring (bicyclic) bond motifs is 2. The first-order valence-electron chi connectivity index (χ1n) is 15.2. The summed E-state index contributed by atoms with van der Waals surface area (Å²) in [6, 6.07) is 22.5. The van der Waals surface area contributed by atoms with Gasteiger partial charge < -0.3 is 28.7 Å².